The molecule has 0 amide bonds. The summed E-state index contributed by atoms with van der Waals surface area (Å²) in [7, 11) is 0. The SMILES string of the molecule is Cc1cc(=O)n(CC2COc3ccccc32)cc1N. The van der Waals surface area contributed by atoms with Crippen LogP contribution in [0.5, 0.6) is 5.75 Å². The summed E-state index contributed by atoms with van der Waals surface area (Å²) in [5, 5.41) is 0. The van der Waals surface area contributed by atoms with Gasteiger partial charge in [0, 0.05) is 30.3 Å². The summed E-state index contributed by atoms with van der Waals surface area (Å²) in [6.07, 6.45) is 1.72. The van der Waals surface area contributed by atoms with E-state index in [4.69, 9.17) is 10.5 Å². The Kier molecular flexibility index (Phi) is 2.78. The second-order valence-electron chi connectivity index (χ2n) is 4.95. The Morgan fingerprint density at radius 3 is 3.05 bits per heavy atom. The molecule has 0 radical (unpaired) electrons. The fourth-order valence-electron chi connectivity index (χ4n) is 2.45. The van der Waals surface area contributed by atoms with Crippen LogP contribution in [-0.4, -0.2) is 11.2 Å². The van der Waals surface area contributed by atoms with Crippen molar-refractivity contribution >= 4 is 5.69 Å². The summed E-state index contributed by atoms with van der Waals surface area (Å²) in [5.74, 6) is 1.12. The van der Waals surface area contributed by atoms with Gasteiger partial charge in [0.15, 0.2) is 0 Å². The fourth-order valence-corrected chi connectivity index (χ4v) is 2.45. The molecule has 0 saturated carbocycles. The van der Waals surface area contributed by atoms with Gasteiger partial charge in [-0.15, -0.1) is 0 Å². The van der Waals surface area contributed by atoms with Crippen molar-refractivity contribution in [1.29, 1.82) is 0 Å². The first-order chi connectivity index (χ1) is 9.15. The van der Waals surface area contributed by atoms with E-state index in [0.29, 0.717) is 18.8 Å². The zero-order valence-electron chi connectivity index (χ0n) is 10.8. The predicted octanol–water partition coefficient (Wildman–Crippen LogP) is 1.92. The number of aryl methyl sites for hydroxylation is 1. The van der Waals surface area contributed by atoms with Gasteiger partial charge >= 0.3 is 0 Å². The molecule has 1 aliphatic heterocycles. The highest BCUT2D eigenvalue weighted by molar-refractivity contribution is 5.43. The monoisotopic (exact) mass is 256 g/mol. The van der Waals surface area contributed by atoms with Gasteiger partial charge in [-0.3, -0.25) is 4.79 Å². The topological polar surface area (TPSA) is 57.2 Å². The summed E-state index contributed by atoms with van der Waals surface area (Å²) in [5.41, 5.74) is 8.48. The van der Waals surface area contributed by atoms with E-state index in [1.54, 1.807) is 16.8 Å². The molecule has 0 fully saturated rings. The molecule has 2 aromatic rings. The van der Waals surface area contributed by atoms with Crippen molar-refractivity contribution in [2.75, 3.05) is 12.3 Å². The van der Waals surface area contributed by atoms with Gasteiger partial charge < -0.3 is 15.0 Å². The van der Waals surface area contributed by atoms with Crippen LogP contribution in [0.3, 0.4) is 0 Å². The molecule has 0 spiro atoms. The molecule has 98 valence electrons. The number of hydrogen-bond donors (Lipinski definition) is 1. The zero-order chi connectivity index (χ0) is 13.4. The highest BCUT2D eigenvalue weighted by Gasteiger charge is 2.24. The van der Waals surface area contributed by atoms with Crippen LogP contribution in [0.1, 0.15) is 17.0 Å². The molecular weight excluding hydrogens is 240 g/mol. The van der Waals surface area contributed by atoms with Crippen molar-refractivity contribution in [2.24, 2.45) is 0 Å². The van der Waals surface area contributed by atoms with Crippen LogP contribution < -0.4 is 16.0 Å². The molecule has 3 rings (SSSR count). The number of anilines is 1. The molecule has 1 aliphatic rings. The second-order valence-corrected chi connectivity index (χ2v) is 4.95. The quantitative estimate of drug-likeness (QED) is 0.893. The van der Waals surface area contributed by atoms with E-state index in [2.05, 4.69) is 6.07 Å². The third kappa shape index (κ3) is 2.10. The molecule has 0 aliphatic carbocycles. The minimum atomic E-state index is -0.0175. The van der Waals surface area contributed by atoms with Crippen LogP contribution in [0, 0.1) is 6.92 Å². The first-order valence-corrected chi connectivity index (χ1v) is 6.33. The Balaban J connectivity index is 1.92. The molecule has 1 atom stereocenters. The summed E-state index contributed by atoms with van der Waals surface area (Å²) in [4.78, 5) is 12.0. The van der Waals surface area contributed by atoms with Gasteiger partial charge in [-0.1, -0.05) is 18.2 Å². The van der Waals surface area contributed by atoms with Crippen molar-refractivity contribution < 1.29 is 4.74 Å². The Labute approximate surface area is 111 Å². The number of pyridine rings is 1. The van der Waals surface area contributed by atoms with Gasteiger partial charge in [-0.25, -0.2) is 0 Å². The van der Waals surface area contributed by atoms with Crippen LogP contribution in [0.25, 0.3) is 0 Å². The number of nitrogens with zero attached hydrogens (tertiary/aromatic N) is 1. The number of benzene rings is 1. The fraction of sp³-hybridized carbons (Fsp3) is 0.267. The smallest absolute Gasteiger partial charge is 0.250 e. The van der Waals surface area contributed by atoms with Crippen LogP contribution in [-0.2, 0) is 6.54 Å². The van der Waals surface area contributed by atoms with E-state index in [1.807, 2.05) is 25.1 Å². The van der Waals surface area contributed by atoms with Crippen LogP contribution in [0.4, 0.5) is 5.69 Å². The Morgan fingerprint density at radius 1 is 1.42 bits per heavy atom. The largest absolute Gasteiger partial charge is 0.493 e. The number of ether oxygens (including phenoxy) is 1. The maximum Gasteiger partial charge on any atom is 0.250 e. The Bertz CT molecular complexity index is 676. The summed E-state index contributed by atoms with van der Waals surface area (Å²) in [6.45, 7) is 3.05. The predicted molar refractivity (Wildman–Crippen MR) is 74.5 cm³/mol. The van der Waals surface area contributed by atoms with Gasteiger partial charge in [0.2, 0.25) is 0 Å². The van der Waals surface area contributed by atoms with E-state index in [9.17, 15) is 4.79 Å². The number of para-hydroxylation sites is 1. The van der Waals surface area contributed by atoms with Crippen molar-refractivity contribution in [3.63, 3.8) is 0 Å². The lowest BCUT2D eigenvalue weighted by Gasteiger charge is -2.12. The van der Waals surface area contributed by atoms with E-state index in [0.717, 1.165) is 16.9 Å². The third-order valence-electron chi connectivity index (χ3n) is 3.59. The van der Waals surface area contributed by atoms with Gasteiger partial charge in [0.25, 0.3) is 5.56 Å². The second kappa shape index (κ2) is 4.46. The summed E-state index contributed by atoms with van der Waals surface area (Å²) < 4.78 is 7.30. The Morgan fingerprint density at radius 2 is 2.21 bits per heavy atom. The minimum absolute atomic E-state index is 0.0175. The molecule has 1 aromatic heterocycles. The average molecular weight is 256 g/mol. The lowest BCUT2D eigenvalue weighted by molar-refractivity contribution is 0.318. The molecule has 2 N–H and O–H groups in total. The van der Waals surface area contributed by atoms with Crippen LogP contribution in [0.15, 0.2) is 41.3 Å². The maximum atomic E-state index is 12.0. The molecule has 0 bridgehead atoms. The minimum Gasteiger partial charge on any atom is -0.493 e. The van der Waals surface area contributed by atoms with Gasteiger partial charge in [0.05, 0.1) is 12.3 Å². The van der Waals surface area contributed by atoms with Crippen molar-refractivity contribution in [1.82, 2.24) is 4.57 Å². The van der Waals surface area contributed by atoms with Gasteiger partial charge in [-0.05, 0) is 18.6 Å². The number of fused-ring (bicyclic) bond motifs is 1. The van der Waals surface area contributed by atoms with Crippen molar-refractivity contribution in [2.45, 2.75) is 19.4 Å². The van der Waals surface area contributed by atoms with Crippen molar-refractivity contribution in [3.05, 3.63) is 58.0 Å². The number of nitrogen functional groups attached to an aromatic ring is 1. The van der Waals surface area contributed by atoms with Gasteiger partial charge in [-0.2, -0.15) is 0 Å². The van der Waals surface area contributed by atoms with E-state index >= 15 is 0 Å². The van der Waals surface area contributed by atoms with E-state index < -0.39 is 0 Å². The van der Waals surface area contributed by atoms with E-state index in [-0.39, 0.29) is 11.5 Å². The number of hydrogen-bond acceptors (Lipinski definition) is 3. The lowest BCUT2D eigenvalue weighted by Crippen LogP contribution is -2.24. The molecule has 1 unspecified atom stereocenters. The molecule has 19 heavy (non-hydrogen) atoms. The summed E-state index contributed by atoms with van der Waals surface area (Å²) >= 11 is 0. The molecule has 2 heterocycles. The van der Waals surface area contributed by atoms with Crippen LogP contribution >= 0.6 is 0 Å². The highest BCUT2D eigenvalue weighted by Crippen LogP contribution is 2.34. The molecule has 0 saturated heterocycles. The average Bonchev–Trinajstić information content (AvgIpc) is 2.80. The molecule has 4 nitrogen and oxygen atoms in total. The normalized spacial score (nSPS) is 17.0. The summed E-state index contributed by atoms with van der Waals surface area (Å²) in [6, 6.07) is 9.54. The van der Waals surface area contributed by atoms with Crippen LogP contribution in [0.2, 0.25) is 0 Å². The standard InChI is InChI=1S/C15H16N2O2/c1-10-6-15(18)17(8-13(10)16)7-11-9-19-14-5-3-2-4-12(11)14/h2-6,8,11H,7,9,16H2,1H3. The molecular formula is C15H16N2O2. The number of nitrogens with two attached hydrogens (primary N) is 1. The van der Waals surface area contributed by atoms with Gasteiger partial charge in [0.1, 0.15) is 5.75 Å². The third-order valence-corrected chi connectivity index (χ3v) is 3.59. The zero-order valence-corrected chi connectivity index (χ0v) is 10.8. The first kappa shape index (κ1) is 11.8. The Hall–Kier alpha value is -2.23. The molecule has 1 aromatic carbocycles. The molecule has 4 heteroatoms. The lowest BCUT2D eigenvalue weighted by atomic mass is 10.0. The van der Waals surface area contributed by atoms with E-state index in [1.165, 1.54) is 0 Å². The number of rotatable bonds is 2. The maximum absolute atomic E-state index is 12.0. The van der Waals surface area contributed by atoms with Crippen molar-refractivity contribution in [3.8, 4) is 5.75 Å². The number of aromatic nitrogens is 1. The highest BCUT2D eigenvalue weighted by atomic mass is 16.5. The first-order valence-electron chi connectivity index (χ1n) is 6.33.